The minimum Gasteiger partial charge on any atom is -0.454 e. The molecule has 4 rings (SSSR count). The molecule has 1 unspecified atom stereocenters. The normalized spacial score (nSPS) is 17.4. The molecule has 0 aliphatic carbocycles. The molecule has 3 aromatic rings. The number of hydrogen-bond donors (Lipinski definition) is 2. The minimum atomic E-state index is -0.557. The summed E-state index contributed by atoms with van der Waals surface area (Å²) in [6.45, 7) is 4.45. The van der Waals surface area contributed by atoms with Crippen LogP contribution in [-0.4, -0.2) is 24.0 Å². The van der Waals surface area contributed by atoms with Crippen molar-refractivity contribution in [2.45, 2.75) is 25.5 Å². The van der Waals surface area contributed by atoms with Gasteiger partial charge in [-0.2, -0.15) is 0 Å². The highest BCUT2D eigenvalue weighted by molar-refractivity contribution is 5.91. The SMILES string of the molecule is C=Cc1c(Oc2ccc(F)c(/C(N)=C/C=N/C3CCCCO3)c2)c(F)cc2[nH]ccc12. The highest BCUT2D eigenvalue weighted by Crippen LogP contribution is 2.35. The number of nitrogens with two attached hydrogens (primary N) is 1. The third kappa shape index (κ3) is 4.51. The summed E-state index contributed by atoms with van der Waals surface area (Å²) in [6, 6.07) is 7.24. The molecule has 1 aliphatic rings. The van der Waals surface area contributed by atoms with Gasteiger partial charge in [0, 0.05) is 52.8 Å². The van der Waals surface area contributed by atoms with E-state index in [9.17, 15) is 8.78 Å². The van der Waals surface area contributed by atoms with Gasteiger partial charge in [-0.3, -0.25) is 4.99 Å². The number of aliphatic imine (C=N–C) groups is 1. The van der Waals surface area contributed by atoms with E-state index in [1.165, 1.54) is 42.6 Å². The lowest BCUT2D eigenvalue weighted by molar-refractivity contribution is 0.0227. The van der Waals surface area contributed by atoms with Gasteiger partial charge >= 0.3 is 0 Å². The monoisotopic (exact) mass is 423 g/mol. The fourth-order valence-electron chi connectivity index (χ4n) is 3.54. The van der Waals surface area contributed by atoms with Crippen molar-refractivity contribution in [1.82, 2.24) is 4.98 Å². The average Bonchev–Trinajstić information content (AvgIpc) is 3.24. The molecule has 1 saturated heterocycles. The number of halogens is 2. The summed E-state index contributed by atoms with van der Waals surface area (Å²) in [5.74, 6) is -0.816. The molecule has 3 N–H and O–H groups in total. The fourth-order valence-corrected chi connectivity index (χ4v) is 3.54. The molecule has 1 aliphatic heterocycles. The van der Waals surface area contributed by atoms with Crippen LogP contribution < -0.4 is 10.5 Å². The zero-order chi connectivity index (χ0) is 21.8. The van der Waals surface area contributed by atoms with Crippen LogP contribution in [0.1, 0.15) is 30.4 Å². The molecule has 1 aromatic heterocycles. The first kappa shape index (κ1) is 20.8. The lowest BCUT2D eigenvalue weighted by Gasteiger charge is -2.18. The number of nitrogens with one attached hydrogen (secondary N) is 1. The predicted molar refractivity (Wildman–Crippen MR) is 119 cm³/mol. The lowest BCUT2D eigenvalue weighted by Crippen LogP contribution is -2.16. The average molecular weight is 423 g/mol. The Hall–Kier alpha value is -3.45. The third-order valence-electron chi connectivity index (χ3n) is 5.14. The van der Waals surface area contributed by atoms with Crippen molar-refractivity contribution in [1.29, 1.82) is 0 Å². The summed E-state index contributed by atoms with van der Waals surface area (Å²) in [7, 11) is 0. The zero-order valence-corrected chi connectivity index (χ0v) is 16.9. The Kier molecular flexibility index (Phi) is 6.13. The molecular weight excluding hydrogens is 400 g/mol. The maximum Gasteiger partial charge on any atom is 0.170 e. The van der Waals surface area contributed by atoms with E-state index in [1.54, 1.807) is 6.20 Å². The number of hydrogen-bond acceptors (Lipinski definition) is 4. The highest BCUT2D eigenvalue weighted by Gasteiger charge is 2.16. The topological polar surface area (TPSA) is 72.6 Å². The van der Waals surface area contributed by atoms with Gasteiger partial charge in [-0.25, -0.2) is 8.78 Å². The fraction of sp³-hybridized carbons (Fsp3) is 0.208. The molecule has 2 heterocycles. The molecule has 0 bridgehead atoms. The van der Waals surface area contributed by atoms with Gasteiger partial charge in [0.2, 0.25) is 0 Å². The quantitative estimate of drug-likeness (QED) is 0.494. The summed E-state index contributed by atoms with van der Waals surface area (Å²) < 4.78 is 40.4. The van der Waals surface area contributed by atoms with Gasteiger partial charge in [0.25, 0.3) is 0 Å². The van der Waals surface area contributed by atoms with Crippen molar-refractivity contribution < 1.29 is 18.3 Å². The lowest BCUT2D eigenvalue weighted by atomic mass is 10.1. The maximum atomic E-state index is 14.7. The van der Waals surface area contributed by atoms with Crippen LogP contribution in [0, 0.1) is 11.6 Å². The molecule has 1 atom stereocenters. The summed E-state index contributed by atoms with van der Waals surface area (Å²) in [5.41, 5.74) is 7.51. The third-order valence-corrected chi connectivity index (χ3v) is 5.14. The maximum absolute atomic E-state index is 14.7. The number of aromatic amines is 1. The van der Waals surface area contributed by atoms with E-state index < -0.39 is 11.6 Å². The number of rotatable bonds is 6. The van der Waals surface area contributed by atoms with E-state index in [4.69, 9.17) is 15.2 Å². The molecular formula is C24H23F2N3O2. The second kappa shape index (κ2) is 9.14. The van der Waals surface area contributed by atoms with E-state index in [0.29, 0.717) is 17.7 Å². The number of benzene rings is 2. The second-order valence-corrected chi connectivity index (χ2v) is 7.23. The van der Waals surface area contributed by atoms with Crippen molar-refractivity contribution in [2.24, 2.45) is 10.7 Å². The predicted octanol–water partition coefficient (Wildman–Crippen LogP) is 5.78. The van der Waals surface area contributed by atoms with Gasteiger partial charge in [-0.15, -0.1) is 0 Å². The molecule has 1 fully saturated rings. The largest absolute Gasteiger partial charge is 0.454 e. The summed E-state index contributed by atoms with van der Waals surface area (Å²) in [5, 5.41) is 0.772. The van der Waals surface area contributed by atoms with E-state index in [2.05, 4.69) is 16.6 Å². The molecule has 0 radical (unpaired) electrons. The molecule has 2 aromatic carbocycles. The van der Waals surface area contributed by atoms with Gasteiger partial charge in [-0.1, -0.05) is 12.7 Å². The molecule has 0 spiro atoms. The molecule has 160 valence electrons. The number of allylic oxidation sites excluding steroid dienone is 1. The van der Waals surface area contributed by atoms with Gasteiger partial charge in [0.1, 0.15) is 17.8 Å². The van der Waals surface area contributed by atoms with Gasteiger partial charge in [-0.05, 0) is 49.6 Å². The first-order valence-corrected chi connectivity index (χ1v) is 10.1. The van der Waals surface area contributed by atoms with Crippen LogP contribution in [0.4, 0.5) is 8.78 Å². The summed E-state index contributed by atoms with van der Waals surface area (Å²) in [4.78, 5) is 7.27. The van der Waals surface area contributed by atoms with E-state index in [1.807, 2.05) is 6.07 Å². The second-order valence-electron chi connectivity index (χ2n) is 7.23. The van der Waals surface area contributed by atoms with Crippen LogP contribution in [0.25, 0.3) is 22.7 Å². The Morgan fingerprint density at radius 2 is 2.10 bits per heavy atom. The van der Waals surface area contributed by atoms with Crippen LogP contribution in [0.2, 0.25) is 0 Å². The van der Waals surface area contributed by atoms with Gasteiger partial charge in [0.15, 0.2) is 11.6 Å². The zero-order valence-electron chi connectivity index (χ0n) is 16.9. The van der Waals surface area contributed by atoms with Crippen molar-refractivity contribution in [3.63, 3.8) is 0 Å². The smallest absolute Gasteiger partial charge is 0.170 e. The number of fused-ring (bicyclic) bond motifs is 1. The number of ether oxygens (including phenoxy) is 2. The number of H-pyrrole nitrogens is 1. The van der Waals surface area contributed by atoms with E-state index in [-0.39, 0.29) is 29.0 Å². The molecule has 0 amide bonds. The Labute approximate surface area is 178 Å². The molecule has 31 heavy (non-hydrogen) atoms. The Morgan fingerprint density at radius 1 is 1.23 bits per heavy atom. The van der Waals surface area contributed by atoms with E-state index >= 15 is 0 Å². The van der Waals surface area contributed by atoms with Crippen molar-refractivity contribution in [3.8, 4) is 11.5 Å². The summed E-state index contributed by atoms with van der Waals surface area (Å²) >= 11 is 0. The number of aromatic nitrogens is 1. The Morgan fingerprint density at radius 3 is 2.87 bits per heavy atom. The first-order valence-electron chi connectivity index (χ1n) is 10.1. The van der Waals surface area contributed by atoms with Crippen molar-refractivity contribution in [3.05, 3.63) is 71.9 Å². The summed E-state index contributed by atoms with van der Waals surface area (Å²) in [6.07, 6.45) is 9.03. The minimum absolute atomic E-state index is 0.0122. The Balaban J connectivity index is 1.60. The molecule has 5 nitrogen and oxygen atoms in total. The van der Waals surface area contributed by atoms with Crippen LogP contribution in [-0.2, 0) is 4.74 Å². The highest BCUT2D eigenvalue weighted by atomic mass is 19.1. The standard InChI is InChI=1S/C24H23F2N3O2/c1-2-16-17-8-10-28-22(17)14-20(26)24(16)31-15-6-7-19(25)18(13-15)21(27)9-11-29-23-5-3-4-12-30-23/h2,6-11,13-14,23,28H,1,3-5,12,27H2/b21-9-,29-11+. The first-order chi connectivity index (χ1) is 15.1. The van der Waals surface area contributed by atoms with Crippen molar-refractivity contribution >= 4 is 28.9 Å². The van der Waals surface area contributed by atoms with Crippen LogP contribution in [0.3, 0.4) is 0 Å². The molecule has 0 saturated carbocycles. The van der Waals surface area contributed by atoms with Crippen molar-refractivity contribution in [2.75, 3.05) is 6.61 Å². The van der Waals surface area contributed by atoms with Gasteiger partial charge < -0.3 is 20.2 Å². The van der Waals surface area contributed by atoms with Crippen LogP contribution in [0.5, 0.6) is 11.5 Å². The number of nitrogens with zero attached hydrogens (tertiary/aromatic N) is 1. The Bertz CT molecular complexity index is 1160. The molecule has 7 heteroatoms. The van der Waals surface area contributed by atoms with Gasteiger partial charge in [0.05, 0.1) is 0 Å². The van der Waals surface area contributed by atoms with E-state index in [0.717, 1.165) is 24.6 Å². The van der Waals surface area contributed by atoms with Crippen LogP contribution in [0.15, 0.2) is 54.2 Å². The van der Waals surface area contributed by atoms with Crippen LogP contribution >= 0.6 is 0 Å².